The van der Waals surface area contributed by atoms with Gasteiger partial charge < -0.3 is 9.45 Å². The Bertz CT molecular complexity index is 466. The predicted molar refractivity (Wildman–Crippen MR) is 81.4 cm³/mol. The van der Waals surface area contributed by atoms with Crippen molar-refractivity contribution in [3.63, 3.8) is 0 Å². The second-order valence-electron chi connectivity index (χ2n) is 4.80. The molecule has 0 aromatic rings. The van der Waals surface area contributed by atoms with E-state index in [-0.39, 0.29) is 5.91 Å². The first-order valence-electron chi connectivity index (χ1n) is 6.82. The lowest BCUT2D eigenvalue weighted by Gasteiger charge is -2.05. The molecule has 0 aromatic heterocycles. The van der Waals surface area contributed by atoms with Crippen LogP contribution < -0.4 is 4.90 Å². The summed E-state index contributed by atoms with van der Waals surface area (Å²) in [6.45, 7) is 11.6. The van der Waals surface area contributed by atoms with Crippen LogP contribution in [0.2, 0.25) is 0 Å². The summed E-state index contributed by atoms with van der Waals surface area (Å²) in [6.07, 6.45) is 5.26. The molecule has 22 heavy (non-hydrogen) atoms. The lowest BCUT2D eigenvalue weighted by atomic mass is 10.4. The van der Waals surface area contributed by atoms with Crippen LogP contribution in [0.4, 0.5) is 0 Å². The molecule has 0 aliphatic carbocycles. The summed E-state index contributed by atoms with van der Waals surface area (Å²) in [4.78, 5) is 16.1. The molecule has 2 heterocycles. The van der Waals surface area contributed by atoms with Crippen molar-refractivity contribution in [2.75, 3.05) is 40.5 Å². The number of likely N-dealkylation sites (N-methyl/N-ethyl adjacent to an activating group) is 1. The molecule has 0 saturated carbocycles. The Kier molecular flexibility index (Phi) is 9.86. The average molecular weight is 335 g/mol. The van der Waals surface area contributed by atoms with E-state index in [2.05, 4.69) is 29.3 Å². The smallest absolute Gasteiger partial charge is 0.226 e. The highest BCUT2D eigenvalue weighted by atomic mass is 32.3. The first-order valence-corrected chi connectivity index (χ1v) is 8.16. The number of amides is 1. The van der Waals surface area contributed by atoms with Crippen LogP contribution in [-0.2, 0) is 19.4 Å². The number of hydrogen-bond acceptors (Lipinski definition) is 6. The maximum Gasteiger partial charge on any atom is 0.226 e. The van der Waals surface area contributed by atoms with E-state index in [9.17, 15) is 17.8 Å². The molecule has 0 aromatic carbocycles. The largest absolute Gasteiger partial charge is 0.726 e. The second kappa shape index (κ2) is 10.5. The van der Waals surface area contributed by atoms with E-state index in [1.807, 2.05) is 6.20 Å². The van der Waals surface area contributed by atoms with Crippen molar-refractivity contribution in [3.8, 4) is 0 Å². The van der Waals surface area contributed by atoms with Crippen molar-refractivity contribution in [3.05, 3.63) is 25.6 Å². The summed E-state index contributed by atoms with van der Waals surface area (Å²) < 4.78 is 31.0. The highest BCUT2D eigenvalue weighted by Crippen LogP contribution is 2.08. The third-order valence-corrected chi connectivity index (χ3v) is 3.52. The highest BCUT2D eigenvalue weighted by Gasteiger charge is 2.16. The Morgan fingerprint density at radius 1 is 1.36 bits per heavy atom. The summed E-state index contributed by atoms with van der Waals surface area (Å²) >= 11 is 0. The van der Waals surface area contributed by atoms with Crippen LogP contribution in [0.25, 0.3) is 0 Å². The van der Waals surface area contributed by atoms with Gasteiger partial charge in [-0.15, -0.1) is 0 Å². The Hall–Kier alpha value is -1.26. The molecule has 0 spiro atoms. The van der Waals surface area contributed by atoms with Gasteiger partial charge in [0.2, 0.25) is 16.3 Å². The Morgan fingerprint density at radius 3 is 2.14 bits per heavy atom. The zero-order chi connectivity index (χ0) is 17.2. The van der Waals surface area contributed by atoms with Crippen LogP contribution in [0.1, 0.15) is 12.8 Å². The maximum absolute atomic E-state index is 10.7. The zero-order valence-corrected chi connectivity index (χ0v) is 14.0. The minimum atomic E-state index is -4.41. The van der Waals surface area contributed by atoms with Gasteiger partial charge in [-0.25, -0.2) is 8.42 Å². The van der Waals surface area contributed by atoms with Crippen molar-refractivity contribution in [1.82, 2.24) is 9.80 Å². The number of hydrogen-bond donors (Lipinski definition) is 1. The summed E-state index contributed by atoms with van der Waals surface area (Å²) in [6, 6.07) is 0. The minimum absolute atomic E-state index is 0.208. The van der Waals surface area contributed by atoms with E-state index in [4.69, 9.17) is 0 Å². The molecule has 2 saturated heterocycles. The van der Waals surface area contributed by atoms with Crippen LogP contribution >= 0.6 is 0 Å². The number of carbonyl (C=O) groups is 1. The van der Waals surface area contributed by atoms with Crippen molar-refractivity contribution >= 4 is 16.3 Å². The third-order valence-electron chi connectivity index (χ3n) is 3.11. The fraction of sp³-hybridized carbons (Fsp3) is 0.615. The SMILES string of the molecule is C=CN1CCCC1=O.C=C[NH+]1CCN(C)C1.COS(=O)(=O)[O-]. The Balaban J connectivity index is 0.000000306. The van der Waals surface area contributed by atoms with Gasteiger partial charge >= 0.3 is 0 Å². The molecule has 1 unspecified atom stereocenters. The second-order valence-corrected chi connectivity index (χ2v) is 5.95. The molecular weight excluding hydrogens is 310 g/mol. The van der Waals surface area contributed by atoms with Gasteiger partial charge in [0.25, 0.3) is 0 Å². The normalized spacial score (nSPS) is 21.5. The van der Waals surface area contributed by atoms with Gasteiger partial charge in [-0.1, -0.05) is 6.58 Å². The van der Waals surface area contributed by atoms with Crippen LogP contribution in [0.5, 0.6) is 0 Å². The lowest BCUT2D eigenvalue weighted by Crippen LogP contribution is -3.05. The number of rotatable bonds is 3. The topological polar surface area (TPSA) is 94.4 Å². The van der Waals surface area contributed by atoms with Gasteiger partial charge in [0.05, 0.1) is 26.4 Å². The molecule has 2 rings (SSSR count). The molecule has 1 N–H and O–H groups in total. The molecule has 1 atom stereocenters. The molecule has 1 amide bonds. The van der Waals surface area contributed by atoms with Crippen molar-refractivity contribution in [2.24, 2.45) is 0 Å². The van der Waals surface area contributed by atoms with E-state index in [0.717, 1.165) is 26.7 Å². The Morgan fingerprint density at radius 2 is 1.95 bits per heavy atom. The van der Waals surface area contributed by atoms with E-state index in [0.29, 0.717) is 6.42 Å². The minimum Gasteiger partial charge on any atom is -0.726 e. The zero-order valence-electron chi connectivity index (χ0n) is 13.2. The average Bonchev–Trinajstić information content (AvgIpc) is 3.07. The standard InChI is InChI=1S/C6H12N2.C6H9NO.CH4O4S/c1-3-8-5-4-7(2)6-8;1-2-7-5-3-4-6(7)8;1-5-6(2,3)4/h3H,1,4-6H2,2H3;2H,1,3-5H2;1H3,(H,2,3,4). The summed E-state index contributed by atoms with van der Waals surface area (Å²) in [5.41, 5.74) is 0. The maximum atomic E-state index is 10.7. The van der Waals surface area contributed by atoms with Gasteiger partial charge in [-0.05, 0) is 26.2 Å². The monoisotopic (exact) mass is 335 g/mol. The lowest BCUT2D eigenvalue weighted by molar-refractivity contribution is -0.837. The molecule has 0 radical (unpaired) electrons. The van der Waals surface area contributed by atoms with Crippen LogP contribution in [0.15, 0.2) is 25.6 Å². The van der Waals surface area contributed by atoms with Crippen molar-refractivity contribution in [2.45, 2.75) is 12.8 Å². The predicted octanol–water partition coefficient (Wildman–Crippen LogP) is -1.24. The van der Waals surface area contributed by atoms with Crippen molar-refractivity contribution < 1.29 is 26.8 Å². The quantitative estimate of drug-likeness (QED) is 0.512. The first kappa shape index (κ1) is 20.7. The number of likely N-dealkylation sites (tertiary alicyclic amines) is 1. The summed E-state index contributed by atoms with van der Waals surface area (Å²) in [5, 5.41) is 0. The van der Waals surface area contributed by atoms with Gasteiger partial charge in [0.15, 0.2) is 0 Å². The van der Waals surface area contributed by atoms with Gasteiger partial charge in [0, 0.05) is 13.0 Å². The van der Waals surface area contributed by atoms with E-state index in [1.54, 1.807) is 11.1 Å². The molecule has 2 aliphatic rings. The third kappa shape index (κ3) is 9.64. The molecule has 0 bridgehead atoms. The summed E-state index contributed by atoms with van der Waals surface area (Å²) in [7, 11) is -1.47. The fourth-order valence-corrected chi connectivity index (χ4v) is 1.87. The number of quaternary nitrogens is 1. The molecule has 128 valence electrons. The molecule has 2 fully saturated rings. The first-order chi connectivity index (χ1) is 10.2. The van der Waals surface area contributed by atoms with Gasteiger partial charge in [0.1, 0.15) is 6.67 Å². The fourth-order valence-electron chi connectivity index (χ4n) is 1.87. The molecule has 9 heteroatoms. The van der Waals surface area contributed by atoms with Gasteiger partial charge in [-0.3, -0.25) is 18.8 Å². The van der Waals surface area contributed by atoms with Crippen LogP contribution in [0.3, 0.4) is 0 Å². The summed E-state index contributed by atoms with van der Waals surface area (Å²) in [5.74, 6) is 0.208. The van der Waals surface area contributed by atoms with Gasteiger partial charge in [-0.2, -0.15) is 0 Å². The van der Waals surface area contributed by atoms with E-state index >= 15 is 0 Å². The molecular formula is C13H25N3O5S. The Labute approximate surface area is 132 Å². The van der Waals surface area contributed by atoms with Crippen LogP contribution in [0, 0.1) is 0 Å². The highest BCUT2D eigenvalue weighted by molar-refractivity contribution is 7.80. The van der Waals surface area contributed by atoms with E-state index in [1.165, 1.54) is 18.0 Å². The van der Waals surface area contributed by atoms with E-state index < -0.39 is 10.4 Å². The number of nitrogens with one attached hydrogen (secondary N) is 1. The number of carbonyl (C=O) groups excluding carboxylic acids is 1. The molecule has 8 nitrogen and oxygen atoms in total. The number of nitrogens with zero attached hydrogens (tertiary/aromatic N) is 2. The molecule has 2 aliphatic heterocycles. The van der Waals surface area contributed by atoms with Crippen molar-refractivity contribution in [1.29, 1.82) is 0 Å². The van der Waals surface area contributed by atoms with Crippen LogP contribution in [-0.4, -0.2) is 69.1 Å².